The minimum Gasteiger partial charge on any atom is -0.375 e. The van der Waals surface area contributed by atoms with Crippen molar-refractivity contribution in [1.29, 1.82) is 0 Å². The van der Waals surface area contributed by atoms with Crippen LogP contribution in [0.5, 0.6) is 0 Å². The molecule has 0 aromatic carbocycles. The standard InChI is InChI=1S/C18H10F26N2O3.C11H10F13NO2/c1-3(7(21,9(23,24)25)5(19)45-11(29,30)15(37,38)48-16(39,40)12(45,31)32)47-4(2)8(22,10(26,27)28)6(20)46-13(33,34)17(41,42)49-18(43,44)14(46,35)36;1-3-26-4(2)6(13,7(14,15)16)5(12)25-8(17,18)10(21,22)27-11(23,24)9(25,19)20/h3-6H,1-2H3;4-5H,3H2,1-2H3. The summed E-state index contributed by atoms with van der Waals surface area (Å²) in [4.78, 5) is -11.0. The first-order chi connectivity index (χ1) is 32.7. The maximum atomic E-state index is 15.3. The molecule has 76 heavy (non-hydrogen) atoms. The Balaban J connectivity index is 0.000000617. The van der Waals surface area contributed by atoms with Crippen LogP contribution in [0.4, 0.5) is 171 Å². The smallest absolute Gasteiger partial charge is 0.375 e. The predicted octanol–water partition coefficient (Wildman–Crippen LogP) is 13.0. The third-order valence-corrected chi connectivity index (χ3v) is 10.3. The number of alkyl halides is 39. The highest BCUT2D eigenvalue weighted by Gasteiger charge is 2.91. The molecule has 0 aromatic rings. The number of hydrogen-bond donors (Lipinski definition) is 0. The molecule has 9 unspecified atom stereocenters. The zero-order valence-electron chi connectivity index (χ0n) is 35.3. The molecule has 0 aromatic heterocycles. The van der Waals surface area contributed by atoms with Crippen molar-refractivity contribution in [3.05, 3.63) is 0 Å². The van der Waals surface area contributed by atoms with Gasteiger partial charge >= 0.3 is 91.5 Å². The van der Waals surface area contributed by atoms with Crippen molar-refractivity contribution in [1.82, 2.24) is 14.7 Å². The van der Waals surface area contributed by atoms with E-state index in [1.54, 1.807) is 9.47 Å². The Morgan fingerprint density at radius 1 is 0.329 bits per heavy atom. The van der Waals surface area contributed by atoms with Crippen molar-refractivity contribution >= 4 is 0 Å². The molecule has 47 heteroatoms. The molecular formula is C29H20F39N3O5. The molecule has 3 fully saturated rings. The molecule has 9 atom stereocenters. The molecule has 0 spiro atoms. The van der Waals surface area contributed by atoms with Crippen LogP contribution >= 0.6 is 0 Å². The summed E-state index contributed by atoms with van der Waals surface area (Å²) >= 11 is 0. The summed E-state index contributed by atoms with van der Waals surface area (Å²) in [6.07, 6.45) is -95.6. The van der Waals surface area contributed by atoms with E-state index >= 15 is 8.78 Å². The minimum absolute atomic E-state index is 0.0522. The summed E-state index contributed by atoms with van der Waals surface area (Å²) in [6.45, 7) is -1.95. The fourth-order valence-corrected chi connectivity index (χ4v) is 6.19. The van der Waals surface area contributed by atoms with Crippen LogP contribution in [0.25, 0.3) is 0 Å². The second-order valence-corrected chi connectivity index (χ2v) is 15.1. The summed E-state index contributed by atoms with van der Waals surface area (Å²) in [7, 11) is 0. The van der Waals surface area contributed by atoms with Crippen molar-refractivity contribution < 1.29 is 195 Å². The van der Waals surface area contributed by atoms with Crippen molar-refractivity contribution in [2.45, 2.75) is 173 Å². The van der Waals surface area contributed by atoms with Crippen molar-refractivity contribution in [3.63, 3.8) is 0 Å². The maximum absolute atomic E-state index is 15.3. The number of hydrogen-bond acceptors (Lipinski definition) is 8. The zero-order valence-corrected chi connectivity index (χ0v) is 35.3. The first-order valence-corrected chi connectivity index (χ1v) is 18.2. The van der Waals surface area contributed by atoms with Crippen molar-refractivity contribution in [2.24, 2.45) is 0 Å². The Morgan fingerprint density at radius 2 is 0.487 bits per heavy atom. The van der Waals surface area contributed by atoms with E-state index in [9.17, 15) is 162 Å². The first-order valence-electron chi connectivity index (χ1n) is 18.2. The van der Waals surface area contributed by atoms with Gasteiger partial charge in [-0.3, -0.25) is 0 Å². The zero-order chi connectivity index (χ0) is 61.4. The maximum Gasteiger partial charge on any atom is 0.439 e. The van der Waals surface area contributed by atoms with Crippen molar-refractivity contribution in [3.8, 4) is 0 Å². The van der Waals surface area contributed by atoms with Crippen LogP contribution in [0, 0.1) is 0 Å². The monoisotopic (exact) mass is 1230 g/mol. The largest absolute Gasteiger partial charge is 0.439 e. The summed E-state index contributed by atoms with van der Waals surface area (Å²) in [5, 5.41) is 0. The molecule has 3 heterocycles. The normalized spacial score (nSPS) is 30.4. The molecule has 0 N–H and O–H groups in total. The molecule has 0 aliphatic carbocycles. The summed E-state index contributed by atoms with van der Waals surface area (Å²) in [5.41, 5.74) is -20.2. The van der Waals surface area contributed by atoms with Gasteiger partial charge in [-0.2, -0.15) is 145 Å². The van der Waals surface area contributed by atoms with Crippen LogP contribution in [0.2, 0.25) is 0 Å². The van der Waals surface area contributed by atoms with E-state index in [0.717, 1.165) is 6.92 Å². The number of rotatable bonds is 13. The molecule has 3 rings (SSSR count). The Bertz CT molecular complexity index is 1880. The van der Waals surface area contributed by atoms with E-state index in [1.165, 1.54) is 0 Å². The van der Waals surface area contributed by atoms with Gasteiger partial charge in [-0.05, 0) is 27.7 Å². The van der Waals surface area contributed by atoms with Gasteiger partial charge < -0.3 is 9.47 Å². The Hall–Kier alpha value is -3.05. The summed E-state index contributed by atoms with van der Waals surface area (Å²) in [5.74, 6) is 0. The van der Waals surface area contributed by atoms with Crippen LogP contribution in [-0.2, 0) is 23.7 Å². The van der Waals surface area contributed by atoms with Gasteiger partial charge in [0.1, 0.15) is 18.3 Å². The van der Waals surface area contributed by atoms with E-state index in [4.69, 9.17) is 0 Å². The molecule has 0 bridgehead atoms. The fraction of sp³-hybridized carbons (Fsp3) is 1.00. The van der Waals surface area contributed by atoms with Gasteiger partial charge in [0, 0.05) is 6.61 Å². The van der Waals surface area contributed by atoms with E-state index in [-0.39, 0.29) is 6.92 Å². The van der Waals surface area contributed by atoms with Crippen LogP contribution in [0.3, 0.4) is 0 Å². The van der Waals surface area contributed by atoms with Gasteiger partial charge in [-0.1, -0.05) is 0 Å². The van der Waals surface area contributed by atoms with Gasteiger partial charge in [0.15, 0.2) is 0 Å². The van der Waals surface area contributed by atoms with E-state index in [2.05, 4.69) is 9.47 Å². The summed E-state index contributed by atoms with van der Waals surface area (Å²) in [6, 6.07) is -43.8. The number of morpholine rings is 3. The van der Waals surface area contributed by atoms with Gasteiger partial charge in [0.05, 0.1) is 0 Å². The highest BCUT2D eigenvalue weighted by Crippen LogP contribution is 2.63. The third kappa shape index (κ3) is 9.93. The van der Waals surface area contributed by atoms with Crippen LogP contribution in [0.1, 0.15) is 27.7 Å². The van der Waals surface area contributed by atoms with Gasteiger partial charge in [0.2, 0.25) is 18.9 Å². The Kier molecular flexibility index (Phi) is 17.3. The molecule has 3 saturated heterocycles. The van der Waals surface area contributed by atoms with Gasteiger partial charge in [-0.25, -0.2) is 40.6 Å². The average Bonchev–Trinajstić information content (AvgIpc) is 3.15. The van der Waals surface area contributed by atoms with E-state index in [1.807, 2.05) is 4.74 Å². The highest BCUT2D eigenvalue weighted by atomic mass is 19.4. The Morgan fingerprint density at radius 3 is 0.632 bits per heavy atom. The van der Waals surface area contributed by atoms with Gasteiger partial charge in [-0.15, -0.1) is 14.7 Å². The van der Waals surface area contributed by atoms with Crippen LogP contribution in [0.15, 0.2) is 0 Å². The fourth-order valence-electron chi connectivity index (χ4n) is 6.19. The second kappa shape index (κ2) is 19.0. The van der Waals surface area contributed by atoms with Crippen molar-refractivity contribution in [2.75, 3.05) is 6.61 Å². The molecule has 3 aliphatic heterocycles. The summed E-state index contributed by atoms with van der Waals surface area (Å²) < 4.78 is 548. The quantitative estimate of drug-likeness (QED) is 0.134. The SMILES string of the molecule is CC(OC(C)C(F)(C(F)N1C(F)(F)C(F)(F)OC(F)(F)C1(F)F)C(F)(F)F)C(F)(C(F)N1C(F)(F)C(F)(F)OC(F)(F)C1(F)F)C(F)(F)F.CCOC(C)C(F)(C(F)N1C(F)(F)C(F)(F)OC(F)(F)C1(F)F)C(F)(F)F. The molecule has 0 radical (unpaired) electrons. The molecule has 454 valence electrons. The molecule has 0 saturated carbocycles. The van der Waals surface area contributed by atoms with Gasteiger partial charge in [0.25, 0.3) is 17.0 Å². The van der Waals surface area contributed by atoms with Crippen LogP contribution < -0.4 is 0 Å². The number of ether oxygens (including phenoxy) is 5. The Labute approximate surface area is 390 Å². The average molecular weight is 1230 g/mol. The molecule has 0 amide bonds. The van der Waals surface area contributed by atoms with Crippen LogP contribution in [-0.4, -0.2) is 167 Å². The first kappa shape index (κ1) is 69.1. The predicted molar refractivity (Wildman–Crippen MR) is 154 cm³/mol. The lowest BCUT2D eigenvalue weighted by Gasteiger charge is -2.52. The molecular weight excluding hydrogens is 1210 g/mol. The molecule has 3 aliphatic rings. The minimum atomic E-state index is -7.69. The lowest BCUT2D eigenvalue weighted by atomic mass is 9.92. The molecule has 8 nitrogen and oxygen atoms in total. The number of nitrogens with zero attached hydrogens (tertiary/aromatic N) is 3. The van der Waals surface area contributed by atoms with E-state index < -0.39 is 181 Å². The third-order valence-electron chi connectivity index (χ3n) is 10.3. The van der Waals surface area contributed by atoms with E-state index in [0.29, 0.717) is 0 Å². The highest BCUT2D eigenvalue weighted by molar-refractivity contribution is 5.10. The second-order valence-electron chi connectivity index (χ2n) is 15.1. The topological polar surface area (TPSA) is 55.9 Å². The lowest BCUT2D eigenvalue weighted by molar-refractivity contribution is -0.577. The number of halogens is 39. The lowest BCUT2D eigenvalue weighted by Crippen LogP contribution is -2.80.